The van der Waals surface area contributed by atoms with Crippen molar-refractivity contribution >= 4 is 6.16 Å². The van der Waals surface area contributed by atoms with Crippen LogP contribution in [-0.2, 0) is 0 Å². The van der Waals surface area contributed by atoms with Crippen LogP contribution in [0.4, 0.5) is 4.79 Å². The molecule has 0 amide bonds. The maximum absolute atomic E-state index is 8.44. The van der Waals surface area contributed by atoms with E-state index in [0.29, 0.717) is 0 Å². The molecule has 0 aliphatic carbocycles. The third-order valence-electron chi connectivity index (χ3n) is 0. The molecule has 10 heteroatoms. The summed E-state index contributed by atoms with van der Waals surface area (Å²) in [4.78, 5) is 8.44. The number of rotatable bonds is 0. The summed E-state index contributed by atoms with van der Waals surface area (Å²) >= 11 is 0. The minimum absolute atomic E-state index is 0. The summed E-state index contributed by atoms with van der Waals surface area (Å²) in [6, 6.07) is 0. The summed E-state index contributed by atoms with van der Waals surface area (Å²) < 4.78 is 0. The second-order valence-electron chi connectivity index (χ2n) is 0.266. The van der Waals surface area contributed by atoms with E-state index in [0.717, 1.165) is 0 Å². The second-order valence-corrected chi connectivity index (χ2v) is 0.266. The normalized spacial score (nSPS) is 2.18. The number of hydrogen-bond acceptors (Lipinski definition) is 3. The van der Waals surface area contributed by atoms with E-state index in [-0.39, 0.29) is 149 Å². The van der Waals surface area contributed by atoms with Gasteiger partial charge in [0.2, 0.25) is 6.16 Å². The van der Waals surface area contributed by atoms with Gasteiger partial charge in [-0.3, -0.25) is 0 Å². The summed E-state index contributed by atoms with van der Waals surface area (Å²) in [5.74, 6) is 0. The Morgan fingerprint density at radius 1 is 1.00 bits per heavy atom. The molecule has 0 unspecified atom stereocenters. The van der Waals surface area contributed by atoms with E-state index in [2.05, 4.69) is 0 Å². The van der Waals surface area contributed by atoms with Crippen LogP contribution in [0.5, 0.6) is 0 Å². The van der Waals surface area contributed by atoms with Gasteiger partial charge in [0.1, 0.15) is 0 Å². The molecule has 0 aromatic carbocycles. The van der Waals surface area contributed by atoms with Crippen molar-refractivity contribution in [1.82, 2.24) is 0 Å². The Labute approximate surface area is 166 Å². The van der Waals surface area contributed by atoms with Crippen molar-refractivity contribution in [3.63, 3.8) is 0 Å². The van der Waals surface area contributed by atoms with E-state index in [9.17, 15) is 0 Å². The van der Waals surface area contributed by atoms with E-state index < -0.39 is 6.16 Å². The molecule has 0 aliphatic rings. The van der Waals surface area contributed by atoms with Crippen molar-refractivity contribution in [2.45, 2.75) is 0 Å². The van der Waals surface area contributed by atoms with Crippen molar-refractivity contribution in [3.8, 4) is 0 Å². The van der Waals surface area contributed by atoms with Gasteiger partial charge in [0.05, 0.1) is 0 Å². The fourth-order valence-electron chi connectivity index (χ4n) is 0. The Hall–Kier alpha value is 3.81. The number of carboxylic acid groups (broad SMARTS) is 2. The smallest absolute Gasteiger partial charge is 1.00 e. The third kappa shape index (κ3) is 133. The molecular formula is CH2Cl2Na4O4. The molecule has 2 N–H and O–H groups in total. The molecule has 0 saturated heterocycles. The van der Waals surface area contributed by atoms with Gasteiger partial charge in [-0.2, -0.15) is 0 Å². The van der Waals surface area contributed by atoms with Crippen LogP contribution >= 0.6 is 0 Å². The Kier molecular flexibility index (Phi) is 271. The molecule has 0 aromatic rings. The zero-order valence-corrected chi connectivity index (χ0v) is 16.5. The molecule has 0 bridgehead atoms. The maximum atomic E-state index is 8.44. The number of halogens is 2. The van der Waals surface area contributed by atoms with Gasteiger partial charge in [0.15, 0.2) is 0 Å². The van der Waals surface area contributed by atoms with Crippen LogP contribution in [0.15, 0.2) is 0 Å². The summed E-state index contributed by atoms with van der Waals surface area (Å²) in [5.41, 5.74) is 0. The van der Waals surface area contributed by atoms with Gasteiger partial charge >= 0.3 is 118 Å². The Morgan fingerprint density at radius 3 is 1.00 bits per heavy atom. The molecule has 4 nitrogen and oxygen atoms in total. The zero-order valence-electron chi connectivity index (χ0n) is 6.97. The van der Waals surface area contributed by atoms with E-state index in [4.69, 9.17) is 15.0 Å². The molecule has 11 heavy (non-hydrogen) atoms. The molecule has 0 atom stereocenters. The van der Waals surface area contributed by atoms with Crippen molar-refractivity contribution in [3.05, 3.63) is 0 Å². The first-order chi connectivity index (χ1) is 1.73. The quantitative estimate of drug-likeness (QED) is 0.426. The molecular weight excluding hydrogens is 239 g/mol. The summed E-state index contributed by atoms with van der Waals surface area (Å²) in [7, 11) is 0. The van der Waals surface area contributed by atoms with Crippen LogP contribution in [-0.4, -0.2) is 16.7 Å². The SMILES string of the molecule is O=C([O-])O.[Cl-].[Cl-].[Na+].[Na+].[Na+].[Na+].[OH-]. The Morgan fingerprint density at radius 2 is 1.00 bits per heavy atom. The molecule has 0 aromatic heterocycles. The molecule has 0 fully saturated rings. The summed E-state index contributed by atoms with van der Waals surface area (Å²) in [6.07, 6.45) is -2.08. The summed E-state index contributed by atoms with van der Waals surface area (Å²) in [5, 5.41) is 15.3. The second kappa shape index (κ2) is 48.9. The van der Waals surface area contributed by atoms with Crippen molar-refractivity contribution in [2.24, 2.45) is 0 Å². The zero-order chi connectivity index (χ0) is 3.58. The van der Waals surface area contributed by atoms with Gasteiger partial charge < -0.3 is 45.3 Å². The topological polar surface area (TPSA) is 90.4 Å². The molecule has 0 spiro atoms. The largest absolute Gasteiger partial charge is 1.00 e. The van der Waals surface area contributed by atoms with Gasteiger partial charge in [0, 0.05) is 0 Å². The fourth-order valence-corrected chi connectivity index (χ4v) is 0. The van der Waals surface area contributed by atoms with Gasteiger partial charge in [-0.05, 0) is 0 Å². The van der Waals surface area contributed by atoms with E-state index in [1.807, 2.05) is 0 Å². The number of hydrogen-bond donors (Lipinski definition) is 1. The predicted molar refractivity (Wildman–Crippen MR) is 9.96 cm³/mol. The molecule has 0 heterocycles. The summed E-state index contributed by atoms with van der Waals surface area (Å²) in [6.45, 7) is 0. The minimum Gasteiger partial charge on any atom is -1.00 e. The van der Waals surface area contributed by atoms with Gasteiger partial charge in [-0.1, -0.05) is 0 Å². The van der Waals surface area contributed by atoms with E-state index >= 15 is 0 Å². The van der Waals surface area contributed by atoms with E-state index in [1.165, 1.54) is 0 Å². The van der Waals surface area contributed by atoms with Gasteiger partial charge in [-0.15, -0.1) is 0 Å². The van der Waals surface area contributed by atoms with Crippen LogP contribution in [0, 0.1) is 0 Å². The predicted octanol–water partition coefficient (Wildman–Crippen LogP) is -19.3. The van der Waals surface area contributed by atoms with Crippen molar-refractivity contribution < 1.29 is 164 Å². The van der Waals surface area contributed by atoms with E-state index in [1.54, 1.807) is 0 Å². The Balaban J connectivity index is -0.00000000214. The first-order valence-corrected chi connectivity index (χ1v) is 0.632. The van der Waals surface area contributed by atoms with Crippen LogP contribution in [0.3, 0.4) is 0 Å². The van der Waals surface area contributed by atoms with Crippen LogP contribution < -0.4 is 148 Å². The fraction of sp³-hybridized carbons (Fsp3) is 0. The minimum atomic E-state index is -2.08. The van der Waals surface area contributed by atoms with Gasteiger partial charge in [-0.25, -0.2) is 0 Å². The molecule has 0 radical (unpaired) electrons. The first-order valence-electron chi connectivity index (χ1n) is 0.632. The van der Waals surface area contributed by atoms with Crippen LogP contribution in [0.1, 0.15) is 0 Å². The van der Waals surface area contributed by atoms with Crippen LogP contribution in [0.2, 0.25) is 0 Å². The molecule has 0 saturated carbocycles. The Bertz CT molecular complexity index is 43.1. The van der Waals surface area contributed by atoms with Gasteiger partial charge in [0.25, 0.3) is 0 Å². The maximum Gasteiger partial charge on any atom is 1.00 e. The number of carbonyl (C=O) groups is 1. The monoisotopic (exact) mass is 240 g/mol. The van der Waals surface area contributed by atoms with Crippen molar-refractivity contribution in [2.75, 3.05) is 0 Å². The average molecular weight is 241 g/mol. The van der Waals surface area contributed by atoms with Crippen LogP contribution in [0.25, 0.3) is 0 Å². The molecule has 0 rings (SSSR count). The third-order valence-corrected chi connectivity index (χ3v) is 0. The standard InChI is InChI=1S/CH2O3.2ClH.4Na.H2O/c2-1(3)4;;;;;;;/h(H2,2,3,4);2*1H;;;;;1H2/q;;;4*+1;/p-4. The molecule has 0 aliphatic heterocycles. The first kappa shape index (κ1) is 60.9. The van der Waals surface area contributed by atoms with Crippen molar-refractivity contribution in [1.29, 1.82) is 0 Å². The average Bonchev–Trinajstić information content (AvgIpc) is 0.811. The molecule has 48 valence electrons.